The maximum absolute atomic E-state index is 12.5. The zero-order chi connectivity index (χ0) is 58.6. The van der Waals surface area contributed by atoms with E-state index >= 15 is 0 Å². The maximum atomic E-state index is 12.5. The van der Waals surface area contributed by atoms with Crippen molar-refractivity contribution in [2.45, 2.75) is 143 Å². The molecule has 17 heteroatoms. The Morgan fingerprint density at radius 3 is 1.34 bits per heavy atom. The van der Waals surface area contributed by atoms with Gasteiger partial charge >= 0.3 is 41.9 Å². The number of fused-ring (bicyclic) bond motifs is 3. The summed E-state index contributed by atoms with van der Waals surface area (Å²) in [6.45, 7) is 18.6. The molecular formula is C62H76N2O15. The number of esters is 3. The van der Waals surface area contributed by atoms with Crippen molar-refractivity contribution in [2.75, 3.05) is 6.61 Å². The monoisotopic (exact) mass is 1090 g/mol. The number of carboxylic acids is 3. The lowest BCUT2D eigenvalue weighted by Crippen LogP contribution is -2.48. The quantitative estimate of drug-likeness (QED) is 0.0295. The van der Waals surface area contributed by atoms with Gasteiger partial charge < -0.3 is 44.7 Å². The van der Waals surface area contributed by atoms with Crippen molar-refractivity contribution in [3.05, 3.63) is 166 Å². The number of aliphatic hydroxyl groups excluding tert-OH is 1. The number of aliphatic carboxylic acids is 3. The second-order valence-electron chi connectivity index (χ2n) is 22.0. The Kier molecular flexibility index (Phi) is 24.0. The highest BCUT2D eigenvalue weighted by molar-refractivity contribution is 5.90. The molecule has 0 unspecified atom stereocenters. The Bertz CT molecular complexity index is 2770. The van der Waals surface area contributed by atoms with E-state index in [1.54, 1.807) is 90.1 Å². The van der Waals surface area contributed by atoms with Gasteiger partial charge in [-0.15, -0.1) is 0 Å². The van der Waals surface area contributed by atoms with Crippen LogP contribution in [-0.4, -0.2) is 104 Å². The maximum Gasteiger partial charge on any atom is 0.407 e. The number of nitrogens with one attached hydrogen (secondary N) is 2. The lowest BCUT2D eigenvalue weighted by atomic mass is 9.98. The van der Waals surface area contributed by atoms with Crippen LogP contribution in [0.5, 0.6) is 0 Å². The number of carboxylic acid groups (broad SMARTS) is 3. The third-order valence-electron chi connectivity index (χ3n) is 11.9. The zero-order valence-corrected chi connectivity index (χ0v) is 46.7. The molecule has 6 N–H and O–H groups in total. The minimum atomic E-state index is -1.19. The van der Waals surface area contributed by atoms with E-state index in [0.717, 1.165) is 27.8 Å². The van der Waals surface area contributed by atoms with Gasteiger partial charge in [0.15, 0.2) is 6.10 Å². The Morgan fingerprint density at radius 2 is 0.924 bits per heavy atom. The molecule has 0 saturated heterocycles. The van der Waals surface area contributed by atoms with Gasteiger partial charge in [-0.2, -0.15) is 0 Å². The fourth-order valence-electron chi connectivity index (χ4n) is 8.22. The second-order valence-corrected chi connectivity index (χ2v) is 22.0. The first-order valence-electron chi connectivity index (χ1n) is 26.2. The number of benzene rings is 5. The van der Waals surface area contributed by atoms with Gasteiger partial charge in [0.05, 0.1) is 11.1 Å². The summed E-state index contributed by atoms with van der Waals surface area (Å²) in [4.78, 5) is 82.9. The van der Waals surface area contributed by atoms with Crippen LogP contribution in [0.2, 0.25) is 0 Å². The SMILES string of the molecule is CC(C)(C)OC(=O)c1ccc(C[C@H](NC(=O)OCC2c3ccccc3-c3ccccc32)C(=O)O)cc1.CC(C)C[C@@H](O)C(=O)OCc1ccccc1.CC(C)C[C@H](N[C@@H](Cc1ccc(C(=O)OC(C)(C)C)cc1)C(=O)O)C(=O)O. The Morgan fingerprint density at radius 1 is 0.506 bits per heavy atom. The van der Waals surface area contributed by atoms with Crippen LogP contribution in [-0.2, 0) is 57.6 Å². The van der Waals surface area contributed by atoms with Gasteiger partial charge in [-0.25, -0.2) is 24.0 Å². The van der Waals surface area contributed by atoms with Gasteiger partial charge in [-0.3, -0.25) is 14.9 Å². The molecule has 0 heterocycles. The molecule has 1 aliphatic carbocycles. The van der Waals surface area contributed by atoms with Gasteiger partial charge in [0.25, 0.3) is 0 Å². The smallest absolute Gasteiger partial charge is 0.407 e. The zero-order valence-electron chi connectivity index (χ0n) is 46.7. The van der Waals surface area contributed by atoms with Crippen LogP contribution in [0.1, 0.15) is 137 Å². The number of ether oxygens (including phenoxy) is 4. The summed E-state index contributed by atoms with van der Waals surface area (Å²) in [6, 6.07) is 35.1. The molecule has 0 aromatic heterocycles. The van der Waals surface area contributed by atoms with Crippen molar-refractivity contribution >= 4 is 41.9 Å². The Balaban J connectivity index is 0.000000276. The van der Waals surface area contributed by atoms with Crippen LogP contribution >= 0.6 is 0 Å². The summed E-state index contributed by atoms with van der Waals surface area (Å²) in [5.74, 6) is -4.56. The van der Waals surface area contributed by atoms with Crippen molar-refractivity contribution in [3.8, 4) is 11.1 Å². The standard InChI is InChI=1S/C29H29NO6.C20H29NO6.C13H18O3/c1-29(2,3)36-27(33)19-14-12-18(13-15-19)16-25(26(31)32)30-28(34)35-17-24-22-10-6-4-8-20(22)21-9-5-7-11-23(21)24;1-12(2)10-15(17(22)23)21-16(18(24)25)11-13-6-8-14(9-7-13)19(26)27-20(3,4)5;1-10(2)8-12(14)13(15)16-9-11-6-4-3-5-7-11/h4-15,24-25H,16-17H2,1-3H3,(H,30,34)(H,31,32);6-9,12,15-16,21H,10-11H2,1-5H3,(H,22,23)(H,24,25);3-7,10,12,14H,8-9H2,1-2H3/t25-;15-,16-;12-/m001/s1. The normalized spacial score (nSPS) is 13.3. The van der Waals surface area contributed by atoms with Crippen LogP contribution in [0, 0.1) is 11.8 Å². The Labute approximate surface area is 462 Å². The minimum absolute atomic E-state index is 0.0358. The van der Waals surface area contributed by atoms with E-state index in [9.17, 15) is 54.0 Å². The lowest BCUT2D eigenvalue weighted by Gasteiger charge is -2.22. The van der Waals surface area contributed by atoms with E-state index in [-0.39, 0.29) is 43.8 Å². The van der Waals surface area contributed by atoms with E-state index in [1.807, 2.05) is 107 Å². The average Bonchev–Trinajstić information content (AvgIpc) is 3.70. The van der Waals surface area contributed by atoms with Crippen LogP contribution in [0.25, 0.3) is 11.1 Å². The molecule has 1 amide bonds. The molecule has 0 radical (unpaired) electrons. The summed E-state index contributed by atoms with van der Waals surface area (Å²) in [6.07, 6.45) is -0.900. The van der Waals surface area contributed by atoms with Crippen molar-refractivity contribution in [2.24, 2.45) is 11.8 Å². The molecule has 1 aliphatic rings. The number of hydrogen-bond donors (Lipinski definition) is 6. The van der Waals surface area contributed by atoms with E-state index in [1.165, 1.54) is 0 Å². The van der Waals surface area contributed by atoms with Gasteiger partial charge in [0.2, 0.25) is 0 Å². The van der Waals surface area contributed by atoms with Gasteiger partial charge in [0, 0.05) is 12.3 Å². The number of alkyl carbamates (subject to hydrolysis) is 1. The highest BCUT2D eigenvalue weighted by Gasteiger charge is 2.31. The first kappa shape index (κ1) is 63.6. The number of carbonyl (C=O) groups excluding carboxylic acids is 4. The van der Waals surface area contributed by atoms with E-state index in [4.69, 9.17) is 18.9 Å². The van der Waals surface area contributed by atoms with Crippen molar-refractivity contribution in [1.82, 2.24) is 10.6 Å². The molecule has 5 aromatic carbocycles. The summed E-state index contributed by atoms with van der Waals surface area (Å²) in [5, 5.41) is 43.0. The average molecular weight is 1090 g/mol. The molecule has 6 rings (SSSR count). The van der Waals surface area contributed by atoms with Crippen molar-refractivity contribution < 1.29 is 72.9 Å². The fraction of sp³-hybridized carbons (Fsp3) is 0.403. The number of rotatable bonds is 21. The molecule has 5 aromatic rings. The molecule has 0 aliphatic heterocycles. The van der Waals surface area contributed by atoms with Gasteiger partial charge in [-0.05, 0) is 136 Å². The predicted molar refractivity (Wildman–Crippen MR) is 297 cm³/mol. The summed E-state index contributed by atoms with van der Waals surface area (Å²) < 4.78 is 21.1. The largest absolute Gasteiger partial charge is 0.480 e. The van der Waals surface area contributed by atoms with Crippen molar-refractivity contribution in [1.29, 1.82) is 0 Å². The van der Waals surface area contributed by atoms with Crippen LogP contribution in [0.4, 0.5) is 4.79 Å². The molecular weight excluding hydrogens is 1010 g/mol. The number of hydrogen-bond acceptors (Lipinski definition) is 13. The number of aliphatic hydroxyl groups is 1. The predicted octanol–water partition coefficient (Wildman–Crippen LogP) is 10.0. The van der Waals surface area contributed by atoms with E-state index in [2.05, 4.69) is 10.6 Å². The van der Waals surface area contributed by atoms with Crippen molar-refractivity contribution in [3.63, 3.8) is 0 Å². The third kappa shape index (κ3) is 21.8. The summed E-state index contributed by atoms with van der Waals surface area (Å²) in [5.41, 5.74) is 6.14. The van der Waals surface area contributed by atoms with Crippen LogP contribution < -0.4 is 10.6 Å². The van der Waals surface area contributed by atoms with Gasteiger partial charge in [0.1, 0.15) is 42.5 Å². The second kappa shape index (κ2) is 29.7. The lowest BCUT2D eigenvalue weighted by molar-refractivity contribution is -0.155. The number of carbonyl (C=O) groups is 7. The summed E-state index contributed by atoms with van der Waals surface area (Å²) >= 11 is 0. The molecule has 0 fully saturated rings. The third-order valence-corrected chi connectivity index (χ3v) is 11.9. The number of amides is 1. The van der Waals surface area contributed by atoms with Crippen LogP contribution in [0.3, 0.4) is 0 Å². The molecule has 424 valence electrons. The van der Waals surface area contributed by atoms with Gasteiger partial charge in [-0.1, -0.05) is 131 Å². The van der Waals surface area contributed by atoms with E-state index < -0.39 is 77.3 Å². The highest BCUT2D eigenvalue weighted by Crippen LogP contribution is 2.44. The minimum Gasteiger partial charge on any atom is -0.480 e. The summed E-state index contributed by atoms with van der Waals surface area (Å²) in [7, 11) is 0. The fourth-order valence-corrected chi connectivity index (χ4v) is 8.22. The first-order chi connectivity index (χ1) is 37.1. The molecule has 0 bridgehead atoms. The molecule has 4 atom stereocenters. The van der Waals surface area contributed by atoms with E-state index in [0.29, 0.717) is 35.1 Å². The van der Waals surface area contributed by atoms with Crippen LogP contribution in [0.15, 0.2) is 127 Å². The molecule has 79 heavy (non-hydrogen) atoms. The molecule has 0 saturated carbocycles. The molecule has 0 spiro atoms. The topological polar surface area (TPSA) is 261 Å². The highest BCUT2D eigenvalue weighted by atomic mass is 16.6. The Hall–Kier alpha value is -7.89. The first-order valence-corrected chi connectivity index (χ1v) is 26.2. The molecule has 17 nitrogen and oxygen atoms in total.